The molecule has 0 bridgehead atoms. The van der Waals surface area contributed by atoms with Crippen LogP contribution in [0.4, 0.5) is 0 Å². The Bertz CT molecular complexity index is 583. The zero-order chi connectivity index (χ0) is 14.5. The van der Waals surface area contributed by atoms with Crippen molar-refractivity contribution in [1.82, 2.24) is 5.32 Å². The third kappa shape index (κ3) is 3.62. The van der Waals surface area contributed by atoms with Gasteiger partial charge in [0.25, 0.3) is 0 Å². The molecule has 1 unspecified atom stereocenters. The Labute approximate surface area is 129 Å². The molecule has 2 aromatic rings. The van der Waals surface area contributed by atoms with E-state index in [9.17, 15) is 0 Å². The Morgan fingerprint density at radius 2 is 2.00 bits per heavy atom. The lowest BCUT2D eigenvalue weighted by molar-refractivity contribution is 0.401. The topological polar surface area (TPSA) is 21.3 Å². The third-order valence-corrected chi connectivity index (χ3v) is 3.93. The molecule has 0 aliphatic heterocycles. The van der Waals surface area contributed by atoms with Gasteiger partial charge in [-0.1, -0.05) is 45.8 Å². The Hall–Kier alpha value is -1.32. The monoisotopic (exact) mass is 333 g/mol. The molecule has 2 nitrogen and oxygen atoms in total. The molecule has 2 aromatic carbocycles. The Balaban J connectivity index is 2.30. The molecule has 0 amide bonds. The van der Waals surface area contributed by atoms with Crippen LogP contribution in [0.1, 0.15) is 22.7 Å². The fourth-order valence-electron chi connectivity index (χ4n) is 2.42. The van der Waals surface area contributed by atoms with E-state index < -0.39 is 0 Å². The molecule has 0 radical (unpaired) electrons. The molecule has 0 saturated heterocycles. The van der Waals surface area contributed by atoms with Gasteiger partial charge in [-0.2, -0.15) is 0 Å². The Morgan fingerprint density at radius 1 is 1.20 bits per heavy atom. The van der Waals surface area contributed by atoms with Gasteiger partial charge in [0, 0.05) is 16.1 Å². The highest BCUT2D eigenvalue weighted by Crippen LogP contribution is 2.30. The number of likely N-dealkylation sites (N-methyl/N-ethyl adjacent to an activating group) is 1. The van der Waals surface area contributed by atoms with E-state index in [-0.39, 0.29) is 6.04 Å². The van der Waals surface area contributed by atoms with Crippen molar-refractivity contribution in [3.63, 3.8) is 0 Å². The minimum atomic E-state index is 0.226. The van der Waals surface area contributed by atoms with Gasteiger partial charge >= 0.3 is 0 Å². The average molecular weight is 334 g/mol. The summed E-state index contributed by atoms with van der Waals surface area (Å²) in [4.78, 5) is 0. The van der Waals surface area contributed by atoms with Crippen molar-refractivity contribution < 1.29 is 4.74 Å². The van der Waals surface area contributed by atoms with Crippen LogP contribution in [0.25, 0.3) is 0 Å². The summed E-state index contributed by atoms with van der Waals surface area (Å²) >= 11 is 3.54. The number of benzene rings is 2. The number of nitrogens with one attached hydrogen (secondary N) is 1. The van der Waals surface area contributed by atoms with E-state index in [1.165, 1.54) is 16.7 Å². The van der Waals surface area contributed by atoms with Crippen LogP contribution in [-0.2, 0) is 6.42 Å². The number of methoxy groups -OCH3 is 1. The van der Waals surface area contributed by atoms with Crippen LogP contribution in [0.5, 0.6) is 5.75 Å². The smallest absolute Gasteiger partial charge is 0.123 e. The van der Waals surface area contributed by atoms with Crippen LogP contribution in [-0.4, -0.2) is 14.2 Å². The molecule has 0 aliphatic carbocycles. The molecule has 2 rings (SSSR count). The van der Waals surface area contributed by atoms with E-state index in [0.717, 1.165) is 16.6 Å². The Kier molecular flexibility index (Phi) is 5.21. The number of rotatable bonds is 5. The molecule has 1 atom stereocenters. The second-order valence-corrected chi connectivity index (χ2v) is 5.84. The van der Waals surface area contributed by atoms with Crippen LogP contribution < -0.4 is 10.1 Å². The largest absolute Gasteiger partial charge is 0.496 e. The third-order valence-electron chi connectivity index (χ3n) is 3.44. The van der Waals surface area contributed by atoms with Gasteiger partial charge < -0.3 is 10.1 Å². The lowest BCUT2D eigenvalue weighted by Gasteiger charge is -2.20. The SMILES string of the molecule is CNC(Cc1cccc(C)c1)c1cc(Br)ccc1OC. The van der Waals surface area contributed by atoms with Crippen molar-refractivity contribution in [3.8, 4) is 5.75 Å². The summed E-state index contributed by atoms with van der Waals surface area (Å²) in [5, 5.41) is 3.39. The van der Waals surface area contributed by atoms with Crippen LogP contribution in [0.15, 0.2) is 46.9 Å². The van der Waals surface area contributed by atoms with Gasteiger partial charge in [-0.05, 0) is 44.2 Å². The first-order chi connectivity index (χ1) is 9.63. The van der Waals surface area contributed by atoms with Gasteiger partial charge in [-0.15, -0.1) is 0 Å². The van der Waals surface area contributed by atoms with Gasteiger partial charge in [0.15, 0.2) is 0 Å². The quantitative estimate of drug-likeness (QED) is 0.882. The van der Waals surface area contributed by atoms with Gasteiger partial charge in [-0.3, -0.25) is 0 Å². The number of halogens is 1. The first-order valence-corrected chi connectivity index (χ1v) is 7.49. The van der Waals surface area contributed by atoms with Crippen LogP contribution in [0, 0.1) is 6.92 Å². The number of hydrogen-bond donors (Lipinski definition) is 1. The van der Waals surface area contributed by atoms with Crippen molar-refractivity contribution in [2.24, 2.45) is 0 Å². The van der Waals surface area contributed by atoms with Crippen molar-refractivity contribution in [3.05, 3.63) is 63.6 Å². The fraction of sp³-hybridized carbons (Fsp3) is 0.294. The molecule has 1 N–H and O–H groups in total. The summed E-state index contributed by atoms with van der Waals surface area (Å²) in [5.41, 5.74) is 3.79. The van der Waals surface area contributed by atoms with Crippen molar-refractivity contribution in [2.45, 2.75) is 19.4 Å². The minimum Gasteiger partial charge on any atom is -0.496 e. The van der Waals surface area contributed by atoms with Gasteiger partial charge in [0.1, 0.15) is 5.75 Å². The highest BCUT2D eigenvalue weighted by Gasteiger charge is 2.15. The summed E-state index contributed by atoms with van der Waals surface area (Å²) in [5.74, 6) is 0.917. The van der Waals surface area contributed by atoms with Gasteiger partial charge in [0.2, 0.25) is 0 Å². The fourth-order valence-corrected chi connectivity index (χ4v) is 2.80. The molecular formula is C17H20BrNO. The second kappa shape index (κ2) is 6.91. The molecule has 0 heterocycles. The normalized spacial score (nSPS) is 12.2. The van der Waals surface area contributed by atoms with E-state index in [4.69, 9.17) is 4.74 Å². The maximum atomic E-state index is 5.48. The highest BCUT2D eigenvalue weighted by molar-refractivity contribution is 9.10. The molecular weight excluding hydrogens is 314 g/mol. The number of aryl methyl sites for hydroxylation is 1. The van der Waals surface area contributed by atoms with E-state index in [1.807, 2.05) is 19.2 Å². The Morgan fingerprint density at radius 3 is 2.65 bits per heavy atom. The number of hydrogen-bond acceptors (Lipinski definition) is 2. The summed E-state index contributed by atoms with van der Waals surface area (Å²) < 4.78 is 6.55. The van der Waals surface area contributed by atoms with Crippen molar-refractivity contribution >= 4 is 15.9 Å². The maximum absolute atomic E-state index is 5.48. The second-order valence-electron chi connectivity index (χ2n) is 4.92. The average Bonchev–Trinajstić information content (AvgIpc) is 2.45. The van der Waals surface area contributed by atoms with Crippen LogP contribution >= 0.6 is 15.9 Å². The predicted molar refractivity (Wildman–Crippen MR) is 87.4 cm³/mol. The summed E-state index contributed by atoms with van der Waals surface area (Å²) in [6, 6.07) is 15.0. The van der Waals surface area contributed by atoms with Gasteiger partial charge in [0.05, 0.1) is 7.11 Å². The van der Waals surface area contributed by atoms with E-state index >= 15 is 0 Å². The first kappa shape index (κ1) is 15.1. The van der Waals surface area contributed by atoms with Crippen molar-refractivity contribution in [1.29, 1.82) is 0 Å². The maximum Gasteiger partial charge on any atom is 0.123 e. The zero-order valence-electron chi connectivity index (χ0n) is 12.1. The van der Waals surface area contributed by atoms with Crippen molar-refractivity contribution in [2.75, 3.05) is 14.2 Å². The highest BCUT2D eigenvalue weighted by atomic mass is 79.9. The number of ether oxygens (including phenoxy) is 1. The minimum absolute atomic E-state index is 0.226. The lowest BCUT2D eigenvalue weighted by Crippen LogP contribution is -2.19. The van der Waals surface area contributed by atoms with Gasteiger partial charge in [-0.25, -0.2) is 0 Å². The predicted octanol–water partition coefficient (Wildman–Crippen LogP) is 4.27. The van der Waals surface area contributed by atoms with E-state index in [2.05, 4.69) is 58.5 Å². The molecule has 0 aliphatic rings. The zero-order valence-corrected chi connectivity index (χ0v) is 13.7. The first-order valence-electron chi connectivity index (χ1n) is 6.70. The summed E-state index contributed by atoms with van der Waals surface area (Å²) in [6.45, 7) is 2.12. The molecule has 3 heteroatoms. The molecule has 0 saturated carbocycles. The molecule has 106 valence electrons. The van der Waals surface area contributed by atoms with E-state index in [1.54, 1.807) is 7.11 Å². The molecule has 0 aromatic heterocycles. The molecule has 0 fully saturated rings. The molecule has 20 heavy (non-hydrogen) atoms. The van der Waals surface area contributed by atoms with Crippen LogP contribution in [0.3, 0.4) is 0 Å². The molecule has 0 spiro atoms. The summed E-state index contributed by atoms with van der Waals surface area (Å²) in [7, 11) is 3.70. The summed E-state index contributed by atoms with van der Waals surface area (Å²) in [6.07, 6.45) is 0.936. The van der Waals surface area contributed by atoms with E-state index in [0.29, 0.717) is 0 Å². The van der Waals surface area contributed by atoms with Crippen LogP contribution in [0.2, 0.25) is 0 Å². The lowest BCUT2D eigenvalue weighted by atomic mass is 9.97. The standard InChI is InChI=1S/C17H20BrNO/c1-12-5-4-6-13(9-12)10-16(19-2)15-11-14(18)7-8-17(15)20-3/h4-9,11,16,19H,10H2,1-3H3.